The van der Waals surface area contributed by atoms with Crippen LogP contribution in [0.4, 0.5) is 4.39 Å². The Hall–Kier alpha value is -2.76. The lowest BCUT2D eigenvalue weighted by Crippen LogP contribution is -2.37. The highest BCUT2D eigenvalue weighted by Crippen LogP contribution is 2.10. The van der Waals surface area contributed by atoms with Crippen molar-refractivity contribution in [3.8, 4) is 0 Å². The van der Waals surface area contributed by atoms with E-state index >= 15 is 0 Å². The Morgan fingerprint density at radius 3 is 2.42 bits per heavy atom. The maximum atomic E-state index is 12.9. The van der Waals surface area contributed by atoms with Crippen molar-refractivity contribution < 1.29 is 14.0 Å². The third-order valence-corrected chi connectivity index (χ3v) is 3.68. The fourth-order valence-electron chi connectivity index (χ4n) is 2.27. The van der Waals surface area contributed by atoms with Crippen LogP contribution in [0.25, 0.3) is 0 Å². The van der Waals surface area contributed by atoms with Gasteiger partial charge in [0.1, 0.15) is 5.82 Å². The summed E-state index contributed by atoms with van der Waals surface area (Å²) in [6.45, 7) is 2.02. The number of aromatic nitrogens is 1. The molecule has 0 radical (unpaired) electrons. The Bertz CT molecular complexity index is 699. The number of primary amides is 1. The van der Waals surface area contributed by atoms with E-state index < -0.39 is 11.8 Å². The van der Waals surface area contributed by atoms with Crippen LogP contribution in [0.5, 0.6) is 0 Å². The molecule has 0 fully saturated rings. The van der Waals surface area contributed by atoms with Crippen molar-refractivity contribution in [1.29, 1.82) is 0 Å². The number of hydrogen-bond acceptors (Lipinski definition) is 3. The van der Waals surface area contributed by atoms with Crippen LogP contribution in [0, 0.1) is 18.7 Å². The molecule has 1 heterocycles. The van der Waals surface area contributed by atoms with Gasteiger partial charge in [-0.2, -0.15) is 0 Å². The van der Waals surface area contributed by atoms with Crippen molar-refractivity contribution in [2.75, 3.05) is 6.54 Å². The molecular weight excluding hydrogens is 309 g/mol. The number of pyridine rings is 1. The molecule has 1 aromatic carbocycles. The van der Waals surface area contributed by atoms with Gasteiger partial charge in [-0.3, -0.25) is 14.6 Å². The largest absolute Gasteiger partial charge is 0.369 e. The molecule has 1 aromatic heterocycles. The first-order chi connectivity index (χ1) is 11.4. The molecule has 0 bridgehead atoms. The van der Waals surface area contributed by atoms with Gasteiger partial charge in [0.15, 0.2) is 0 Å². The summed E-state index contributed by atoms with van der Waals surface area (Å²) in [7, 11) is 0. The first-order valence-corrected chi connectivity index (χ1v) is 7.66. The second kappa shape index (κ2) is 8.19. The fraction of sp³-hybridized carbons (Fsp3) is 0.278. The molecule has 0 aliphatic heterocycles. The quantitative estimate of drug-likeness (QED) is 0.808. The van der Waals surface area contributed by atoms with E-state index in [1.54, 1.807) is 18.3 Å². The maximum Gasteiger partial charge on any atom is 0.224 e. The Kier molecular flexibility index (Phi) is 6.01. The van der Waals surface area contributed by atoms with E-state index in [9.17, 15) is 14.0 Å². The van der Waals surface area contributed by atoms with Gasteiger partial charge in [0, 0.05) is 18.4 Å². The number of nitrogens with one attached hydrogen (secondary N) is 1. The molecule has 0 aliphatic carbocycles. The molecule has 6 heteroatoms. The van der Waals surface area contributed by atoms with Gasteiger partial charge in [0.25, 0.3) is 0 Å². The summed E-state index contributed by atoms with van der Waals surface area (Å²) in [5, 5.41) is 2.72. The molecule has 0 spiro atoms. The minimum atomic E-state index is -0.546. The zero-order valence-corrected chi connectivity index (χ0v) is 13.5. The summed E-state index contributed by atoms with van der Waals surface area (Å²) in [4.78, 5) is 27.7. The molecule has 126 valence electrons. The number of benzene rings is 1. The van der Waals surface area contributed by atoms with Crippen LogP contribution in [-0.4, -0.2) is 23.3 Å². The summed E-state index contributed by atoms with van der Waals surface area (Å²) < 4.78 is 12.9. The predicted octanol–water partition coefficient (Wildman–Crippen LogP) is 1.53. The van der Waals surface area contributed by atoms with Crippen molar-refractivity contribution in [1.82, 2.24) is 10.3 Å². The highest BCUT2D eigenvalue weighted by atomic mass is 19.1. The van der Waals surface area contributed by atoms with Crippen molar-refractivity contribution in [3.05, 3.63) is 65.2 Å². The first kappa shape index (κ1) is 17.6. The van der Waals surface area contributed by atoms with Gasteiger partial charge >= 0.3 is 0 Å². The maximum absolute atomic E-state index is 12.9. The van der Waals surface area contributed by atoms with E-state index in [4.69, 9.17) is 5.73 Å². The van der Waals surface area contributed by atoms with Crippen LogP contribution < -0.4 is 11.1 Å². The minimum Gasteiger partial charge on any atom is -0.369 e. The van der Waals surface area contributed by atoms with E-state index in [1.807, 2.05) is 19.1 Å². The van der Waals surface area contributed by atoms with Gasteiger partial charge < -0.3 is 11.1 Å². The van der Waals surface area contributed by atoms with Crippen LogP contribution in [0.3, 0.4) is 0 Å². The molecule has 24 heavy (non-hydrogen) atoms. The fourth-order valence-corrected chi connectivity index (χ4v) is 2.27. The molecular formula is C18H20FN3O2. The molecule has 0 saturated carbocycles. The van der Waals surface area contributed by atoms with Crippen LogP contribution >= 0.6 is 0 Å². The predicted molar refractivity (Wildman–Crippen MR) is 88.5 cm³/mol. The van der Waals surface area contributed by atoms with E-state index in [2.05, 4.69) is 10.3 Å². The van der Waals surface area contributed by atoms with Gasteiger partial charge in [0.05, 0.1) is 12.3 Å². The number of hydrogen-bond donors (Lipinski definition) is 2. The van der Waals surface area contributed by atoms with Crippen LogP contribution in [-0.2, 0) is 22.4 Å². The van der Waals surface area contributed by atoms with Gasteiger partial charge in [0.2, 0.25) is 11.8 Å². The van der Waals surface area contributed by atoms with Gasteiger partial charge in [-0.25, -0.2) is 4.39 Å². The molecule has 0 saturated heterocycles. The molecule has 2 rings (SSSR count). The van der Waals surface area contributed by atoms with Gasteiger partial charge in [-0.05, 0) is 42.7 Å². The van der Waals surface area contributed by atoms with Crippen molar-refractivity contribution in [2.24, 2.45) is 11.7 Å². The molecule has 5 nitrogen and oxygen atoms in total. The number of nitrogens with two attached hydrogens (primary N) is 1. The minimum absolute atomic E-state index is 0.144. The SMILES string of the molecule is Cc1ccc(CC(=O)NC[C@H](Cc2ccc(F)cc2)C(N)=O)cn1. The zero-order valence-electron chi connectivity index (χ0n) is 13.5. The smallest absolute Gasteiger partial charge is 0.224 e. The average molecular weight is 329 g/mol. The molecule has 1 atom stereocenters. The Morgan fingerprint density at radius 1 is 1.17 bits per heavy atom. The standard InChI is InChI=1S/C18H20FN3O2/c1-12-2-3-14(10-21-12)9-17(23)22-11-15(18(20)24)8-13-4-6-16(19)7-5-13/h2-7,10,15H,8-9,11H2,1H3,(H2,20,24)(H,22,23)/t15-/m0/s1. The Labute approximate surface area is 140 Å². The summed E-state index contributed by atoms with van der Waals surface area (Å²) >= 11 is 0. The number of amides is 2. The molecule has 0 aliphatic rings. The Balaban J connectivity index is 1.88. The van der Waals surface area contributed by atoms with Crippen LogP contribution in [0.1, 0.15) is 16.8 Å². The number of halogens is 1. The lowest BCUT2D eigenvalue weighted by Gasteiger charge is -2.14. The number of nitrogens with zero attached hydrogens (tertiary/aromatic N) is 1. The van der Waals surface area contributed by atoms with Crippen molar-refractivity contribution in [2.45, 2.75) is 19.8 Å². The zero-order chi connectivity index (χ0) is 17.5. The molecule has 0 unspecified atom stereocenters. The number of rotatable bonds is 7. The van der Waals surface area contributed by atoms with Crippen LogP contribution in [0.15, 0.2) is 42.6 Å². The second-order valence-electron chi connectivity index (χ2n) is 5.72. The Morgan fingerprint density at radius 2 is 1.83 bits per heavy atom. The topological polar surface area (TPSA) is 85.1 Å². The molecule has 2 amide bonds. The van der Waals surface area contributed by atoms with E-state index in [0.717, 1.165) is 16.8 Å². The number of aryl methyl sites for hydroxylation is 1. The number of carbonyl (C=O) groups excluding carboxylic acids is 2. The lowest BCUT2D eigenvalue weighted by atomic mass is 9.98. The van der Waals surface area contributed by atoms with Crippen molar-refractivity contribution in [3.63, 3.8) is 0 Å². The third kappa shape index (κ3) is 5.46. The first-order valence-electron chi connectivity index (χ1n) is 7.66. The summed E-state index contributed by atoms with van der Waals surface area (Å²) in [5.41, 5.74) is 7.86. The normalized spacial score (nSPS) is 11.8. The van der Waals surface area contributed by atoms with Gasteiger partial charge in [-0.15, -0.1) is 0 Å². The van der Waals surface area contributed by atoms with Crippen LogP contribution in [0.2, 0.25) is 0 Å². The number of carbonyl (C=O) groups is 2. The second-order valence-corrected chi connectivity index (χ2v) is 5.72. The third-order valence-electron chi connectivity index (χ3n) is 3.68. The monoisotopic (exact) mass is 329 g/mol. The summed E-state index contributed by atoms with van der Waals surface area (Å²) in [5.74, 6) is -1.59. The van der Waals surface area contributed by atoms with Crippen molar-refractivity contribution >= 4 is 11.8 Å². The average Bonchev–Trinajstić information content (AvgIpc) is 2.55. The highest BCUT2D eigenvalue weighted by molar-refractivity contribution is 5.81. The lowest BCUT2D eigenvalue weighted by molar-refractivity contribution is -0.123. The van der Waals surface area contributed by atoms with Gasteiger partial charge in [-0.1, -0.05) is 18.2 Å². The molecule has 3 N–H and O–H groups in total. The van der Waals surface area contributed by atoms with E-state index in [0.29, 0.717) is 6.42 Å². The highest BCUT2D eigenvalue weighted by Gasteiger charge is 2.17. The molecule has 2 aromatic rings. The van der Waals surface area contributed by atoms with E-state index in [-0.39, 0.29) is 24.7 Å². The summed E-state index contributed by atoms with van der Waals surface area (Å²) in [6, 6.07) is 9.54. The summed E-state index contributed by atoms with van der Waals surface area (Å²) in [6.07, 6.45) is 2.19. The van der Waals surface area contributed by atoms with E-state index in [1.165, 1.54) is 12.1 Å².